The monoisotopic (exact) mass is 490 g/mol. The third-order valence-electron chi connectivity index (χ3n) is 6.41. The summed E-state index contributed by atoms with van der Waals surface area (Å²) in [6, 6.07) is 8.68. The van der Waals surface area contributed by atoms with Gasteiger partial charge >= 0.3 is 0 Å². The summed E-state index contributed by atoms with van der Waals surface area (Å²) in [6.45, 7) is 4.33. The van der Waals surface area contributed by atoms with E-state index in [4.69, 9.17) is 19.6 Å². The Bertz CT molecular complexity index is 1130. The highest BCUT2D eigenvalue weighted by atomic mass is 35.5. The van der Waals surface area contributed by atoms with Gasteiger partial charge in [-0.3, -0.25) is 9.69 Å². The number of unbranched alkanes of at least 4 members (excludes halogenated alkanes) is 1. The lowest BCUT2D eigenvalue weighted by atomic mass is 9.95. The van der Waals surface area contributed by atoms with Gasteiger partial charge in [0.25, 0.3) is 0 Å². The van der Waals surface area contributed by atoms with Gasteiger partial charge in [0.15, 0.2) is 22.9 Å². The summed E-state index contributed by atoms with van der Waals surface area (Å²) in [7, 11) is 1.64. The van der Waals surface area contributed by atoms with Gasteiger partial charge in [-0.25, -0.2) is 4.39 Å². The van der Waals surface area contributed by atoms with Crippen LogP contribution in [0, 0.1) is 5.82 Å². The van der Waals surface area contributed by atoms with Gasteiger partial charge in [0.05, 0.1) is 13.4 Å². The highest BCUT2D eigenvalue weighted by Gasteiger charge is 2.30. The van der Waals surface area contributed by atoms with Gasteiger partial charge < -0.3 is 19.6 Å². The average Bonchev–Trinajstić information content (AvgIpc) is 3.24. The number of amides is 1. The second-order valence-corrected chi connectivity index (χ2v) is 8.53. The minimum atomic E-state index is -0.558. The molecule has 2 aromatic carbocycles. The molecule has 0 aliphatic carbocycles. The van der Waals surface area contributed by atoms with Crippen molar-refractivity contribution in [3.63, 3.8) is 0 Å². The van der Waals surface area contributed by atoms with Crippen molar-refractivity contribution in [2.45, 2.75) is 45.1 Å². The van der Waals surface area contributed by atoms with Crippen molar-refractivity contribution >= 4 is 29.3 Å². The number of carbonyl (C=O) groups excluding carboxylic acids is 1. The van der Waals surface area contributed by atoms with E-state index in [9.17, 15) is 9.18 Å². The number of nitrogens with two attached hydrogens (primary N) is 1. The molecule has 1 aromatic heterocycles. The second-order valence-electron chi connectivity index (χ2n) is 8.53. The van der Waals surface area contributed by atoms with Gasteiger partial charge in [0, 0.05) is 22.6 Å². The fourth-order valence-corrected chi connectivity index (χ4v) is 4.65. The Morgan fingerprint density at radius 2 is 2.03 bits per heavy atom. The van der Waals surface area contributed by atoms with Gasteiger partial charge in [0.1, 0.15) is 6.61 Å². The number of nitrogens with zero attached hydrogens (tertiary/aromatic N) is 1. The number of para-hydroxylation sites is 1. The van der Waals surface area contributed by atoms with Crippen LogP contribution < -0.4 is 15.2 Å². The number of halogens is 2. The normalized spacial score (nSPS) is 15.0. The highest BCUT2D eigenvalue weighted by Crippen LogP contribution is 2.33. The van der Waals surface area contributed by atoms with E-state index in [2.05, 4.69) is 17.9 Å². The molecule has 0 spiro atoms. The Labute approximate surface area is 205 Å². The zero-order valence-electron chi connectivity index (χ0n) is 19.6. The molecule has 0 fully saturated rings. The third-order valence-corrected chi connectivity index (χ3v) is 6.41. The predicted octanol–water partition coefficient (Wildman–Crippen LogP) is 5.14. The molecule has 1 amide bonds. The van der Waals surface area contributed by atoms with E-state index in [1.54, 1.807) is 7.11 Å². The Kier molecular flexibility index (Phi) is 8.80. The van der Waals surface area contributed by atoms with Crippen LogP contribution in [0.3, 0.4) is 0 Å². The van der Waals surface area contributed by atoms with Gasteiger partial charge in [-0.1, -0.05) is 25.5 Å². The number of ether oxygens (including phenoxy) is 2. The molecule has 1 aliphatic heterocycles. The molecule has 0 saturated carbocycles. The van der Waals surface area contributed by atoms with E-state index < -0.39 is 11.7 Å². The SMILES string of the molecule is CCCCN(CCCc1coc2c(OC)cccc12)C1COc2c(F)ccc(C(N)=O)c2C1.Cl. The number of methoxy groups -OCH3 is 1. The minimum absolute atomic E-state index is 0. The van der Waals surface area contributed by atoms with Crippen LogP contribution in [-0.4, -0.2) is 43.7 Å². The van der Waals surface area contributed by atoms with E-state index in [1.165, 1.54) is 12.1 Å². The number of benzene rings is 2. The molecule has 184 valence electrons. The molecule has 1 unspecified atom stereocenters. The van der Waals surface area contributed by atoms with Crippen molar-refractivity contribution in [1.82, 2.24) is 4.90 Å². The van der Waals surface area contributed by atoms with Crippen molar-refractivity contribution in [2.75, 3.05) is 26.8 Å². The van der Waals surface area contributed by atoms with Crippen LogP contribution in [0.5, 0.6) is 11.5 Å². The van der Waals surface area contributed by atoms with Crippen LogP contribution in [0.2, 0.25) is 0 Å². The zero-order valence-corrected chi connectivity index (χ0v) is 20.5. The lowest BCUT2D eigenvalue weighted by molar-refractivity contribution is 0.0983. The molecular formula is C26H32ClFN2O4. The molecular weight excluding hydrogens is 459 g/mol. The summed E-state index contributed by atoms with van der Waals surface area (Å²) in [5.74, 6) is -0.107. The summed E-state index contributed by atoms with van der Waals surface area (Å²) in [5, 5.41) is 1.07. The zero-order chi connectivity index (χ0) is 23.4. The topological polar surface area (TPSA) is 77.9 Å². The summed E-state index contributed by atoms with van der Waals surface area (Å²) >= 11 is 0. The van der Waals surface area contributed by atoms with Crippen molar-refractivity contribution in [1.29, 1.82) is 0 Å². The largest absolute Gasteiger partial charge is 0.493 e. The maximum absolute atomic E-state index is 14.3. The van der Waals surface area contributed by atoms with Crippen molar-refractivity contribution in [3.8, 4) is 11.5 Å². The number of rotatable bonds is 10. The first-order valence-corrected chi connectivity index (χ1v) is 11.5. The maximum atomic E-state index is 14.3. The van der Waals surface area contributed by atoms with Gasteiger partial charge in [-0.05, 0) is 62.5 Å². The van der Waals surface area contributed by atoms with Crippen LogP contribution >= 0.6 is 12.4 Å². The molecule has 3 aromatic rings. The Hall–Kier alpha value is -2.77. The number of hydrogen-bond donors (Lipinski definition) is 1. The molecule has 4 rings (SSSR count). The molecule has 8 heteroatoms. The Morgan fingerprint density at radius 1 is 1.24 bits per heavy atom. The van der Waals surface area contributed by atoms with Crippen LogP contribution in [0.1, 0.15) is 47.7 Å². The lowest BCUT2D eigenvalue weighted by Crippen LogP contribution is -2.45. The third kappa shape index (κ3) is 5.31. The Balaban J connectivity index is 0.00000324. The first-order valence-electron chi connectivity index (χ1n) is 11.5. The van der Waals surface area contributed by atoms with Gasteiger partial charge in [-0.2, -0.15) is 0 Å². The van der Waals surface area contributed by atoms with Crippen LogP contribution in [-0.2, 0) is 12.8 Å². The van der Waals surface area contributed by atoms with Crippen molar-refractivity contribution < 1.29 is 23.1 Å². The number of fused-ring (bicyclic) bond motifs is 2. The quantitative estimate of drug-likeness (QED) is 0.425. The fourth-order valence-electron chi connectivity index (χ4n) is 4.65. The van der Waals surface area contributed by atoms with Crippen molar-refractivity contribution in [2.24, 2.45) is 5.73 Å². The lowest BCUT2D eigenvalue weighted by Gasteiger charge is -2.35. The van der Waals surface area contributed by atoms with Gasteiger partial charge in [-0.15, -0.1) is 12.4 Å². The Morgan fingerprint density at radius 3 is 2.76 bits per heavy atom. The summed E-state index contributed by atoms with van der Waals surface area (Å²) in [6.07, 6.45) is 6.29. The summed E-state index contributed by atoms with van der Waals surface area (Å²) < 4.78 is 31.2. The molecule has 34 heavy (non-hydrogen) atoms. The first-order chi connectivity index (χ1) is 16.0. The van der Waals surface area contributed by atoms with Crippen molar-refractivity contribution in [3.05, 3.63) is 59.1 Å². The molecule has 1 atom stereocenters. The molecule has 0 radical (unpaired) electrons. The van der Waals surface area contributed by atoms with E-state index in [0.29, 0.717) is 24.2 Å². The number of furan rings is 1. The molecule has 2 N–H and O–H groups in total. The number of carbonyl (C=O) groups is 1. The molecule has 6 nitrogen and oxygen atoms in total. The number of aryl methyl sites for hydroxylation is 1. The standard InChI is InChI=1S/C26H31FN2O4.ClH/c1-3-4-12-29(13-6-7-17-15-32-25-19(17)8-5-9-23(25)31-2)18-14-21-20(26(28)30)10-11-22(27)24(21)33-16-18;/h5,8-11,15,18H,3-4,6-7,12-14,16H2,1-2H3,(H2,28,30);1H. The number of primary amides is 1. The smallest absolute Gasteiger partial charge is 0.249 e. The molecule has 0 saturated heterocycles. The van der Waals surface area contributed by atoms with Crippen LogP contribution in [0.25, 0.3) is 11.0 Å². The fraction of sp³-hybridized carbons (Fsp3) is 0.423. The highest BCUT2D eigenvalue weighted by molar-refractivity contribution is 5.95. The minimum Gasteiger partial charge on any atom is -0.493 e. The second kappa shape index (κ2) is 11.6. The summed E-state index contributed by atoms with van der Waals surface area (Å²) in [4.78, 5) is 14.3. The number of hydrogen-bond acceptors (Lipinski definition) is 5. The average molecular weight is 491 g/mol. The van der Waals surface area contributed by atoms with Gasteiger partial charge in [0.2, 0.25) is 5.91 Å². The molecule has 1 aliphatic rings. The van der Waals surface area contributed by atoms with E-state index in [1.807, 2.05) is 18.4 Å². The van der Waals surface area contributed by atoms with Crippen LogP contribution in [0.4, 0.5) is 4.39 Å². The van der Waals surface area contributed by atoms with E-state index >= 15 is 0 Å². The maximum Gasteiger partial charge on any atom is 0.249 e. The first kappa shape index (κ1) is 25.8. The summed E-state index contributed by atoms with van der Waals surface area (Å²) in [5.41, 5.74) is 8.39. The predicted molar refractivity (Wildman–Crippen MR) is 133 cm³/mol. The van der Waals surface area contributed by atoms with Crippen LogP contribution in [0.15, 0.2) is 41.0 Å². The van der Waals surface area contributed by atoms with E-state index in [0.717, 1.165) is 61.1 Å². The van der Waals surface area contributed by atoms with E-state index in [-0.39, 0.29) is 24.2 Å². The molecule has 2 heterocycles. The molecule has 0 bridgehead atoms.